The highest BCUT2D eigenvalue weighted by Gasteiger charge is 2.19. The Morgan fingerprint density at radius 3 is 2.53 bits per heavy atom. The highest BCUT2D eigenvalue weighted by atomic mass is 32.1. The summed E-state index contributed by atoms with van der Waals surface area (Å²) in [5.74, 6) is 2.68. The van der Waals surface area contributed by atoms with Crippen molar-refractivity contribution in [2.24, 2.45) is 11.8 Å². The van der Waals surface area contributed by atoms with Crippen LogP contribution >= 0.6 is 12.6 Å². The molecule has 0 aliphatic carbocycles. The maximum absolute atomic E-state index is 12.7. The zero-order chi connectivity index (χ0) is 26.9. The zero-order valence-corrected chi connectivity index (χ0v) is 23.3. The fourth-order valence-corrected chi connectivity index (χ4v) is 4.94. The predicted molar refractivity (Wildman–Crippen MR) is 154 cm³/mol. The molecule has 38 heavy (non-hydrogen) atoms. The molecule has 4 rings (SSSR count). The summed E-state index contributed by atoms with van der Waals surface area (Å²) in [5.41, 5.74) is 5.20. The molecule has 2 heterocycles. The largest absolute Gasteiger partial charge is 0.350 e. The van der Waals surface area contributed by atoms with Gasteiger partial charge in [0.25, 0.3) is 0 Å². The van der Waals surface area contributed by atoms with Gasteiger partial charge in [0.05, 0.1) is 12.2 Å². The summed E-state index contributed by atoms with van der Waals surface area (Å²) in [6.45, 7) is 7.60. The van der Waals surface area contributed by atoms with Crippen LogP contribution in [0.1, 0.15) is 57.1 Å². The molecule has 0 bridgehead atoms. The average molecular weight is 532 g/mol. The summed E-state index contributed by atoms with van der Waals surface area (Å²) in [7, 11) is 0. The van der Waals surface area contributed by atoms with Gasteiger partial charge in [-0.3, -0.25) is 4.79 Å². The fourth-order valence-electron chi connectivity index (χ4n) is 4.63. The summed E-state index contributed by atoms with van der Waals surface area (Å²) in [6.07, 6.45) is 6.00. The second-order valence-corrected chi connectivity index (χ2v) is 10.5. The van der Waals surface area contributed by atoms with Gasteiger partial charge in [0.2, 0.25) is 5.91 Å². The second-order valence-electron chi connectivity index (χ2n) is 10.1. The van der Waals surface area contributed by atoms with Crippen LogP contribution in [0.4, 0.5) is 0 Å². The van der Waals surface area contributed by atoms with Crippen LogP contribution in [0.5, 0.6) is 0 Å². The van der Waals surface area contributed by atoms with Crippen molar-refractivity contribution in [2.75, 3.05) is 5.75 Å². The van der Waals surface area contributed by atoms with Gasteiger partial charge in [-0.25, -0.2) is 10.1 Å². The second kappa shape index (κ2) is 13.4. The molecule has 0 saturated heterocycles. The third-order valence-electron chi connectivity index (χ3n) is 6.60. The number of carbonyl (C=O) groups is 1. The molecule has 0 fully saturated rings. The molecular weight excluding hydrogens is 494 g/mol. The Bertz CT molecular complexity index is 1300. The number of hydrogen-bond acceptors (Lipinski definition) is 6. The number of hydrogen-bond donors (Lipinski definition) is 3. The molecular formula is C29H37N7OS. The van der Waals surface area contributed by atoms with Crippen molar-refractivity contribution in [3.8, 4) is 22.5 Å². The lowest BCUT2D eigenvalue weighted by molar-refractivity contribution is -0.124. The Balaban J connectivity index is 1.48. The van der Waals surface area contributed by atoms with Crippen molar-refractivity contribution in [1.82, 2.24) is 35.5 Å². The summed E-state index contributed by atoms with van der Waals surface area (Å²) in [5, 5.41) is 17.4. The van der Waals surface area contributed by atoms with Crippen LogP contribution in [0.15, 0.2) is 54.7 Å². The number of nitrogens with zero attached hydrogens (tertiary/aromatic N) is 5. The lowest BCUT2D eigenvalue weighted by Crippen LogP contribution is -2.32. The first-order valence-corrected chi connectivity index (χ1v) is 14.0. The number of aromatic amines is 1. The fraction of sp³-hybridized carbons (Fsp3) is 0.414. The Morgan fingerprint density at radius 2 is 1.87 bits per heavy atom. The number of rotatable bonds is 13. The molecule has 1 atom stereocenters. The normalized spacial score (nSPS) is 12.1. The molecule has 0 radical (unpaired) electrons. The summed E-state index contributed by atoms with van der Waals surface area (Å²) < 4.78 is 2.21. The number of aryl methyl sites for hydroxylation is 1. The number of H-pyrrole nitrogens is 1. The van der Waals surface area contributed by atoms with E-state index in [4.69, 9.17) is 4.98 Å². The molecule has 0 aliphatic rings. The van der Waals surface area contributed by atoms with Crippen molar-refractivity contribution in [3.05, 3.63) is 71.8 Å². The topological polar surface area (TPSA) is 101 Å². The molecule has 0 saturated carbocycles. The lowest BCUT2D eigenvalue weighted by Gasteiger charge is -2.16. The molecule has 2 aromatic carbocycles. The first-order valence-electron chi connectivity index (χ1n) is 13.3. The van der Waals surface area contributed by atoms with Gasteiger partial charge in [-0.2, -0.15) is 12.6 Å². The van der Waals surface area contributed by atoms with E-state index in [1.54, 1.807) is 0 Å². The van der Waals surface area contributed by atoms with E-state index >= 15 is 0 Å². The van der Waals surface area contributed by atoms with Crippen LogP contribution in [0.3, 0.4) is 0 Å². The molecule has 0 spiro atoms. The van der Waals surface area contributed by atoms with E-state index in [0.717, 1.165) is 60.4 Å². The minimum absolute atomic E-state index is 0.0512. The summed E-state index contributed by atoms with van der Waals surface area (Å²) >= 11 is 4.38. The van der Waals surface area contributed by atoms with Gasteiger partial charge in [0.15, 0.2) is 5.82 Å². The van der Waals surface area contributed by atoms with Gasteiger partial charge >= 0.3 is 0 Å². The minimum Gasteiger partial charge on any atom is -0.350 e. The van der Waals surface area contributed by atoms with Crippen molar-refractivity contribution in [2.45, 2.75) is 59.5 Å². The number of carbonyl (C=O) groups excluding carboxylic acids is 1. The van der Waals surface area contributed by atoms with E-state index in [0.29, 0.717) is 24.0 Å². The first kappa shape index (κ1) is 27.6. The number of amides is 1. The van der Waals surface area contributed by atoms with Gasteiger partial charge in [-0.1, -0.05) is 75.7 Å². The number of tetrazole rings is 1. The van der Waals surface area contributed by atoms with Crippen LogP contribution in [0.2, 0.25) is 0 Å². The molecule has 9 heteroatoms. The van der Waals surface area contributed by atoms with Gasteiger partial charge in [-0.05, 0) is 45.9 Å². The van der Waals surface area contributed by atoms with Crippen molar-refractivity contribution in [1.29, 1.82) is 0 Å². The molecule has 2 aromatic heterocycles. The average Bonchev–Trinajstić information content (AvgIpc) is 3.60. The summed E-state index contributed by atoms with van der Waals surface area (Å²) in [4.78, 5) is 17.6. The van der Waals surface area contributed by atoms with Gasteiger partial charge in [0.1, 0.15) is 5.82 Å². The molecule has 200 valence electrons. The van der Waals surface area contributed by atoms with E-state index in [2.05, 4.69) is 100 Å². The Morgan fingerprint density at radius 1 is 1.11 bits per heavy atom. The Hall–Kier alpha value is -3.46. The van der Waals surface area contributed by atoms with Crippen LogP contribution in [0.25, 0.3) is 22.5 Å². The van der Waals surface area contributed by atoms with Crippen LogP contribution in [0, 0.1) is 11.8 Å². The van der Waals surface area contributed by atoms with E-state index in [9.17, 15) is 4.79 Å². The quantitative estimate of drug-likeness (QED) is 0.203. The van der Waals surface area contributed by atoms with Crippen molar-refractivity contribution >= 4 is 18.5 Å². The van der Waals surface area contributed by atoms with E-state index in [1.807, 2.05) is 18.2 Å². The standard InChI is InChI=1S/C29H37N7OS/c1-4-5-10-27-31-24(16-30-29(37)23(19-38)15-20(2)3)18-36(27)17-21-11-13-22(14-12-21)25-8-6-7-9-26(25)28-32-34-35-33-28/h6-9,11-14,18,20,23,38H,4-5,10,15-17,19H2,1-3H3,(H,30,37)(H,32,33,34,35). The molecule has 8 nitrogen and oxygen atoms in total. The minimum atomic E-state index is -0.0797. The maximum Gasteiger partial charge on any atom is 0.224 e. The van der Waals surface area contributed by atoms with Gasteiger partial charge in [0, 0.05) is 36.4 Å². The third-order valence-corrected chi connectivity index (χ3v) is 7.04. The number of aromatic nitrogens is 6. The van der Waals surface area contributed by atoms with Gasteiger partial charge in [-0.15, -0.1) is 5.10 Å². The highest BCUT2D eigenvalue weighted by Crippen LogP contribution is 2.30. The number of unbranched alkanes of at least 4 members (excludes halogenated alkanes) is 1. The maximum atomic E-state index is 12.7. The van der Waals surface area contributed by atoms with E-state index in [-0.39, 0.29) is 11.8 Å². The van der Waals surface area contributed by atoms with Gasteiger partial charge < -0.3 is 9.88 Å². The smallest absolute Gasteiger partial charge is 0.224 e. The van der Waals surface area contributed by atoms with Crippen LogP contribution in [-0.4, -0.2) is 41.8 Å². The van der Waals surface area contributed by atoms with Crippen molar-refractivity contribution < 1.29 is 4.79 Å². The Labute approximate surface area is 230 Å². The summed E-state index contributed by atoms with van der Waals surface area (Å²) in [6, 6.07) is 16.7. The van der Waals surface area contributed by atoms with E-state index < -0.39 is 0 Å². The molecule has 2 N–H and O–H groups in total. The molecule has 0 aliphatic heterocycles. The van der Waals surface area contributed by atoms with E-state index in [1.165, 1.54) is 5.56 Å². The number of imidazole rings is 1. The third kappa shape index (κ3) is 7.10. The highest BCUT2D eigenvalue weighted by molar-refractivity contribution is 7.80. The van der Waals surface area contributed by atoms with Crippen molar-refractivity contribution in [3.63, 3.8) is 0 Å². The Kier molecular flexibility index (Phi) is 9.70. The molecule has 1 amide bonds. The monoisotopic (exact) mass is 531 g/mol. The SMILES string of the molecule is CCCCc1nc(CNC(=O)C(CS)CC(C)C)cn1Cc1ccc(-c2ccccc2-c2nnn[nH]2)cc1. The first-order chi connectivity index (χ1) is 18.5. The number of benzene rings is 2. The number of thiol groups is 1. The predicted octanol–water partition coefficient (Wildman–Crippen LogP) is 5.33. The zero-order valence-electron chi connectivity index (χ0n) is 22.4. The lowest BCUT2D eigenvalue weighted by atomic mass is 9.98. The molecule has 4 aromatic rings. The number of nitrogens with one attached hydrogen (secondary N) is 2. The molecule has 1 unspecified atom stereocenters. The van der Waals surface area contributed by atoms with Crippen LogP contribution in [-0.2, 0) is 24.3 Å². The van der Waals surface area contributed by atoms with Crippen LogP contribution < -0.4 is 5.32 Å².